The zero-order chi connectivity index (χ0) is 47.9. The highest BCUT2D eigenvalue weighted by Crippen LogP contribution is 2.17. The molecule has 0 rings (SSSR count). The van der Waals surface area contributed by atoms with Gasteiger partial charge in [-0.25, -0.2) is 0 Å². The van der Waals surface area contributed by atoms with Crippen molar-refractivity contribution in [2.75, 3.05) is 13.2 Å². The fraction of sp³-hybridized carbons (Fsp3) is 0.867. The Bertz CT molecular complexity index is 1070. The highest BCUT2D eigenvalue weighted by molar-refractivity contribution is 5.76. The predicted octanol–water partition coefficient (Wildman–Crippen LogP) is 18.0. The van der Waals surface area contributed by atoms with Crippen LogP contribution in [-0.4, -0.2) is 47.4 Å². The minimum atomic E-state index is -0.848. The zero-order valence-corrected chi connectivity index (χ0v) is 44.2. The molecule has 0 bridgehead atoms. The number of rotatable bonds is 54. The van der Waals surface area contributed by atoms with Gasteiger partial charge in [0.1, 0.15) is 0 Å². The Labute approximate surface area is 411 Å². The van der Waals surface area contributed by atoms with Crippen LogP contribution in [0.1, 0.15) is 309 Å². The van der Waals surface area contributed by atoms with Crippen molar-refractivity contribution in [1.29, 1.82) is 0 Å². The van der Waals surface area contributed by atoms with Gasteiger partial charge in [0.2, 0.25) is 5.91 Å². The number of carbonyl (C=O) groups excluding carboxylic acids is 2. The number of esters is 1. The molecule has 388 valence electrons. The first-order valence-electron chi connectivity index (χ1n) is 29.3. The Kier molecular flexibility index (Phi) is 54.1. The Morgan fingerprint density at radius 1 is 0.424 bits per heavy atom. The van der Waals surface area contributed by atoms with Gasteiger partial charge in [0.05, 0.1) is 25.4 Å². The number of hydrogen-bond acceptors (Lipinski definition) is 5. The number of allylic oxidation sites excluding steroid dienone is 5. The molecule has 0 aliphatic carbocycles. The lowest BCUT2D eigenvalue weighted by molar-refractivity contribution is -0.143. The molecule has 1 amide bonds. The maximum absolute atomic E-state index is 12.4. The predicted molar refractivity (Wildman–Crippen MR) is 287 cm³/mol. The van der Waals surface area contributed by atoms with Gasteiger partial charge in [-0.15, -0.1) is 0 Å². The second-order valence-corrected chi connectivity index (χ2v) is 20.0. The Morgan fingerprint density at radius 3 is 1.17 bits per heavy atom. The van der Waals surface area contributed by atoms with Crippen LogP contribution in [0.3, 0.4) is 0 Å². The summed E-state index contributed by atoms with van der Waals surface area (Å²) in [5.41, 5.74) is 0. The minimum Gasteiger partial charge on any atom is -0.466 e. The summed E-state index contributed by atoms with van der Waals surface area (Å²) in [6, 6.07) is -0.632. The van der Waals surface area contributed by atoms with Crippen molar-refractivity contribution in [3.8, 4) is 0 Å². The second kappa shape index (κ2) is 55.7. The second-order valence-electron chi connectivity index (χ2n) is 20.0. The van der Waals surface area contributed by atoms with E-state index < -0.39 is 12.1 Å². The van der Waals surface area contributed by atoms with Crippen molar-refractivity contribution < 1.29 is 24.5 Å². The molecular formula is C60H113NO5. The molecule has 0 aliphatic rings. The fourth-order valence-electron chi connectivity index (χ4n) is 8.90. The minimum absolute atomic E-state index is 0.00300. The average molecular weight is 929 g/mol. The summed E-state index contributed by atoms with van der Waals surface area (Å²) in [6.07, 6.45) is 68.7. The third-order valence-electron chi connectivity index (χ3n) is 13.4. The van der Waals surface area contributed by atoms with Gasteiger partial charge in [-0.05, 0) is 64.2 Å². The molecule has 0 radical (unpaired) electrons. The Morgan fingerprint density at radius 2 is 0.758 bits per heavy atom. The SMILES string of the molecule is CCCCCC/C=C\C/C=C\CCCCCCCCCC(=O)OCCCCCCCCCCCCCCCCCCCC(=O)NC(CO)C(O)/C=C/CCCCCCCCCCCCCC. The summed E-state index contributed by atoms with van der Waals surface area (Å²) >= 11 is 0. The Hall–Kier alpha value is -1.92. The van der Waals surface area contributed by atoms with Gasteiger partial charge in [-0.1, -0.05) is 269 Å². The van der Waals surface area contributed by atoms with E-state index in [0.29, 0.717) is 19.4 Å². The van der Waals surface area contributed by atoms with Crippen LogP contribution in [0.5, 0.6) is 0 Å². The largest absolute Gasteiger partial charge is 0.466 e. The first-order chi connectivity index (χ1) is 32.5. The molecule has 0 aromatic heterocycles. The van der Waals surface area contributed by atoms with Crippen LogP contribution in [0.15, 0.2) is 36.5 Å². The van der Waals surface area contributed by atoms with E-state index in [2.05, 4.69) is 43.5 Å². The van der Waals surface area contributed by atoms with Crippen molar-refractivity contribution in [2.45, 2.75) is 321 Å². The number of hydrogen-bond donors (Lipinski definition) is 3. The lowest BCUT2D eigenvalue weighted by Gasteiger charge is -2.20. The van der Waals surface area contributed by atoms with Crippen LogP contribution in [0.4, 0.5) is 0 Å². The van der Waals surface area contributed by atoms with Crippen molar-refractivity contribution in [3.63, 3.8) is 0 Å². The highest BCUT2D eigenvalue weighted by atomic mass is 16.5. The van der Waals surface area contributed by atoms with Crippen LogP contribution in [0.25, 0.3) is 0 Å². The van der Waals surface area contributed by atoms with E-state index in [4.69, 9.17) is 4.74 Å². The van der Waals surface area contributed by atoms with E-state index in [0.717, 1.165) is 51.4 Å². The summed E-state index contributed by atoms with van der Waals surface area (Å²) in [6.45, 7) is 4.88. The molecule has 3 N–H and O–H groups in total. The third kappa shape index (κ3) is 51.5. The maximum Gasteiger partial charge on any atom is 0.305 e. The number of ether oxygens (including phenoxy) is 1. The van der Waals surface area contributed by atoms with E-state index in [1.165, 1.54) is 231 Å². The van der Waals surface area contributed by atoms with E-state index in [9.17, 15) is 19.8 Å². The lowest BCUT2D eigenvalue weighted by Crippen LogP contribution is -2.45. The summed E-state index contributed by atoms with van der Waals surface area (Å²) in [5.74, 6) is -0.0762. The molecule has 0 saturated heterocycles. The fourth-order valence-corrected chi connectivity index (χ4v) is 8.90. The summed E-state index contributed by atoms with van der Waals surface area (Å²) in [4.78, 5) is 24.5. The molecule has 2 unspecified atom stereocenters. The first-order valence-corrected chi connectivity index (χ1v) is 29.3. The zero-order valence-electron chi connectivity index (χ0n) is 44.2. The molecule has 0 heterocycles. The molecular weight excluding hydrogens is 815 g/mol. The normalized spacial score (nSPS) is 12.8. The molecule has 0 spiro atoms. The topological polar surface area (TPSA) is 95.9 Å². The molecule has 0 saturated carbocycles. The maximum atomic E-state index is 12.4. The van der Waals surface area contributed by atoms with Gasteiger partial charge in [0.25, 0.3) is 0 Å². The molecule has 0 aromatic rings. The van der Waals surface area contributed by atoms with Crippen molar-refractivity contribution in [2.24, 2.45) is 0 Å². The van der Waals surface area contributed by atoms with Gasteiger partial charge < -0.3 is 20.3 Å². The highest BCUT2D eigenvalue weighted by Gasteiger charge is 2.18. The number of aliphatic hydroxyl groups excluding tert-OH is 2. The van der Waals surface area contributed by atoms with Crippen molar-refractivity contribution in [3.05, 3.63) is 36.5 Å². The lowest BCUT2D eigenvalue weighted by atomic mass is 10.0. The van der Waals surface area contributed by atoms with E-state index in [-0.39, 0.29) is 18.5 Å². The number of carbonyl (C=O) groups is 2. The van der Waals surface area contributed by atoms with Crippen molar-refractivity contribution in [1.82, 2.24) is 5.32 Å². The molecule has 0 aliphatic heterocycles. The number of unbranched alkanes of at least 4 members (excludes halogenated alkanes) is 39. The molecule has 0 aromatic carbocycles. The van der Waals surface area contributed by atoms with Crippen LogP contribution < -0.4 is 5.32 Å². The van der Waals surface area contributed by atoms with E-state index in [1.54, 1.807) is 6.08 Å². The Balaban J connectivity index is 3.43. The monoisotopic (exact) mass is 928 g/mol. The molecule has 6 heteroatoms. The summed E-state index contributed by atoms with van der Waals surface area (Å²) < 4.78 is 5.48. The quantitative estimate of drug-likeness (QED) is 0.0321. The van der Waals surface area contributed by atoms with Gasteiger partial charge >= 0.3 is 5.97 Å². The van der Waals surface area contributed by atoms with Gasteiger partial charge in [0.15, 0.2) is 0 Å². The standard InChI is InChI=1S/C60H113NO5/c1-3-5-7-9-11-13-15-17-19-20-23-26-30-34-38-42-46-50-54-60(65)66-55-51-47-43-39-35-31-27-24-21-22-25-29-33-37-41-45-49-53-59(64)61-57(56-62)58(63)52-48-44-40-36-32-28-18-16-14-12-10-8-6-4-2/h13,15,19-20,48,52,57-58,62-63H,3-12,14,16-18,21-47,49-51,53-56H2,1-2H3,(H,61,64)/b15-13-,20-19-,52-48+. The summed E-state index contributed by atoms with van der Waals surface area (Å²) in [5, 5.41) is 23.1. The van der Waals surface area contributed by atoms with Gasteiger partial charge in [-0.3, -0.25) is 9.59 Å². The van der Waals surface area contributed by atoms with Crippen LogP contribution in [0, 0.1) is 0 Å². The number of nitrogens with one attached hydrogen (secondary N) is 1. The summed E-state index contributed by atoms with van der Waals surface area (Å²) in [7, 11) is 0. The van der Waals surface area contributed by atoms with Crippen LogP contribution >= 0.6 is 0 Å². The van der Waals surface area contributed by atoms with E-state index >= 15 is 0 Å². The van der Waals surface area contributed by atoms with Crippen LogP contribution in [-0.2, 0) is 14.3 Å². The third-order valence-corrected chi connectivity index (χ3v) is 13.4. The van der Waals surface area contributed by atoms with E-state index in [1.807, 2.05) is 6.08 Å². The smallest absolute Gasteiger partial charge is 0.305 e. The first kappa shape index (κ1) is 64.1. The molecule has 0 fully saturated rings. The molecule has 2 atom stereocenters. The average Bonchev–Trinajstić information content (AvgIpc) is 3.32. The molecule has 6 nitrogen and oxygen atoms in total. The van der Waals surface area contributed by atoms with Crippen molar-refractivity contribution >= 4 is 11.9 Å². The molecule has 66 heavy (non-hydrogen) atoms. The number of aliphatic hydroxyl groups is 2. The number of amides is 1. The van der Waals surface area contributed by atoms with Gasteiger partial charge in [0, 0.05) is 12.8 Å². The van der Waals surface area contributed by atoms with Crippen LogP contribution in [0.2, 0.25) is 0 Å². The van der Waals surface area contributed by atoms with Gasteiger partial charge in [-0.2, -0.15) is 0 Å².